The number of halogens is 1. The average molecular weight is 389 g/mol. The third-order valence-electron chi connectivity index (χ3n) is 4.40. The van der Waals surface area contributed by atoms with Crippen LogP contribution in [0.4, 0.5) is 5.69 Å². The first-order chi connectivity index (χ1) is 12.3. The summed E-state index contributed by atoms with van der Waals surface area (Å²) in [5, 5.41) is 6.54. The van der Waals surface area contributed by atoms with Gasteiger partial charge in [0, 0.05) is 39.6 Å². The number of fused-ring (bicyclic) bond motifs is 1. The Morgan fingerprint density at radius 1 is 1.27 bits per heavy atom. The summed E-state index contributed by atoms with van der Waals surface area (Å²) in [6, 6.07) is 13.1. The summed E-state index contributed by atoms with van der Waals surface area (Å²) in [5.41, 5.74) is 2.06. The molecule has 2 aromatic carbocycles. The molecule has 0 bridgehead atoms. The maximum absolute atomic E-state index is 12.6. The predicted octanol–water partition coefficient (Wildman–Crippen LogP) is 4.48. The highest BCUT2D eigenvalue weighted by atomic mass is 35.5. The van der Waals surface area contributed by atoms with Crippen LogP contribution in [0.25, 0.3) is 0 Å². The molecule has 2 N–H and O–H groups in total. The van der Waals surface area contributed by atoms with Gasteiger partial charge in [0.05, 0.1) is 5.69 Å². The third kappa shape index (κ3) is 4.40. The van der Waals surface area contributed by atoms with Crippen molar-refractivity contribution in [3.8, 4) is 0 Å². The molecule has 0 atom stereocenters. The molecule has 1 aliphatic heterocycles. The second-order valence-electron chi connectivity index (χ2n) is 6.93. The van der Waals surface area contributed by atoms with E-state index in [9.17, 15) is 9.59 Å². The Labute approximate surface area is 162 Å². The van der Waals surface area contributed by atoms with Crippen LogP contribution in [0, 0.1) is 0 Å². The molecule has 4 nitrogen and oxygen atoms in total. The maximum atomic E-state index is 12.6. The van der Waals surface area contributed by atoms with Crippen molar-refractivity contribution in [1.29, 1.82) is 0 Å². The quantitative estimate of drug-likeness (QED) is 0.811. The topological polar surface area (TPSA) is 58.2 Å². The van der Waals surface area contributed by atoms with Crippen LogP contribution in [0.15, 0.2) is 47.4 Å². The Morgan fingerprint density at radius 3 is 2.85 bits per heavy atom. The number of amides is 2. The summed E-state index contributed by atoms with van der Waals surface area (Å²) in [6.07, 6.45) is 0.481. The Hall–Kier alpha value is -1.98. The highest BCUT2D eigenvalue weighted by molar-refractivity contribution is 7.99. The molecule has 0 unspecified atom stereocenters. The van der Waals surface area contributed by atoms with Crippen molar-refractivity contribution < 1.29 is 9.59 Å². The molecule has 0 spiro atoms. The van der Waals surface area contributed by atoms with Crippen molar-refractivity contribution >= 4 is 40.9 Å². The van der Waals surface area contributed by atoms with E-state index in [2.05, 4.69) is 24.5 Å². The molecule has 0 aliphatic carbocycles. The summed E-state index contributed by atoms with van der Waals surface area (Å²) in [5.74, 6) is 0.570. The lowest BCUT2D eigenvalue weighted by Crippen LogP contribution is -2.36. The number of anilines is 1. The van der Waals surface area contributed by atoms with Crippen LogP contribution >= 0.6 is 23.4 Å². The molecule has 6 heteroatoms. The van der Waals surface area contributed by atoms with Crippen molar-refractivity contribution in [2.24, 2.45) is 0 Å². The minimum absolute atomic E-state index is 0.0177. The SMILES string of the molecule is CC(C)(CNC(=O)c1ccc2c(c1)NC(=O)CCS2)c1cccc(Cl)c1. The third-order valence-corrected chi connectivity index (χ3v) is 5.71. The zero-order valence-electron chi connectivity index (χ0n) is 14.8. The molecule has 136 valence electrons. The van der Waals surface area contributed by atoms with E-state index in [1.165, 1.54) is 0 Å². The van der Waals surface area contributed by atoms with Gasteiger partial charge in [0.1, 0.15) is 0 Å². The molecule has 1 heterocycles. The molecule has 0 aromatic heterocycles. The lowest BCUT2D eigenvalue weighted by Gasteiger charge is -2.26. The summed E-state index contributed by atoms with van der Waals surface area (Å²) in [6.45, 7) is 4.60. The van der Waals surface area contributed by atoms with E-state index in [4.69, 9.17) is 11.6 Å². The summed E-state index contributed by atoms with van der Waals surface area (Å²) in [7, 11) is 0. The average Bonchev–Trinajstić information content (AvgIpc) is 2.79. The number of hydrogen-bond donors (Lipinski definition) is 2. The first-order valence-corrected chi connectivity index (χ1v) is 9.82. The van der Waals surface area contributed by atoms with E-state index < -0.39 is 0 Å². The van der Waals surface area contributed by atoms with Crippen molar-refractivity contribution in [2.45, 2.75) is 30.6 Å². The van der Waals surface area contributed by atoms with E-state index in [1.54, 1.807) is 23.9 Å². The molecular weight excluding hydrogens is 368 g/mol. The van der Waals surface area contributed by atoms with Crippen LogP contribution in [0.3, 0.4) is 0 Å². The number of nitrogens with one attached hydrogen (secondary N) is 2. The predicted molar refractivity (Wildman–Crippen MR) is 107 cm³/mol. The summed E-state index contributed by atoms with van der Waals surface area (Å²) < 4.78 is 0. The van der Waals surface area contributed by atoms with Gasteiger partial charge in [0.25, 0.3) is 5.91 Å². The van der Waals surface area contributed by atoms with Gasteiger partial charge in [-0.1, -0.05) is 37.6 Å². The first kappa shape index (κ1) is 18.8. The van der Waals surface area contributed by atoms with Gasteiger partial charge in [-0.15, -0.1) is 11.8 Å². The maximum Gasteiger partial charge on any atom is 0.251 e. The molecule has 2 amide bonds. The van der Waals surface area contributed by atoms with Crippen LogP contribution in [-0.4, -0.2) is 24.1 Å². The van der Waals surface area contributed by atoms with Crippen LogP contribution in [-0.2, 0) is 10.2 Å². The van der Waals surface area contributed by atoms with E-state index in [-0.39, 0.29) is 17.2 Å². The van der Waals surface area contributed by atoms with Gasteiger partial charge in [-0.3, -0.25) is 9.59 Å². The molecule has 0 radical (unpaired) electrons. The lowest BCUT2D eigenvalue weighted by atomic mass is 9.84. The van der Waals surface area contributed by atoms with Gasteiger partial charge in [-0.2, -0.15) is 0 Å². The highest BCUT2D eigenvalue weighted by Crippen LogP contribution is 2.31. The van der Waals surface area contributed by atoms with E-state index in [0.717, 1.165) is 16.2 Å². The largest absolute Gasteiger partial charge is 0.351 e. The van der Waals surface area contributed by atoms with Gasteiger partial charge in [0.15, 0.2) is 0 Å². The fourth-order valence-electron chi connectivity index (χ4n) is 2.78. The highest BCUT2D eigenvalue weighted by Gasteiger charge is 2.22. The first-order valence-electron chi connectivity index (χ1n) is 8.46. The monoisotopic (exact) mass is 388 g/mol. The van der Waals surface area contributed by atoms with Crippen molar-refractivity contribution in [2.75, 3.05) is 17.6 Å². The number of thioether (sulfide) groups is 1. The molecular formula is C20H21ClN2O2S. The number of benzene rings is 2. The Kier molecular flexibility index (Phi) is 5.58. The van der Waals surface area contributed by atoms with Gasteiger partial charge in [-0.25, -0.2) is 0 Å². The Balaban J connectivity index is 1.71. The number of hydrogen-bond acceptors (Lipinski definition) is 3. The minimum Gasteiger partial charge on any atom is -0.351 e. The zero-order chi connectivity index (χ0) is 18.7. The van der Waals surface area contributed by atoms with E-state index in [1.807, 2.05) is 30.3 Å². The van der Waals surface area contributed by atoms with Crippen LogP contribution < -0.4 is 10.6 Å². The van der Waals surface area contributed by atoms with Crippen LogP contribution in [0.5, 0.6) is 0 Å². The lowest BCUT2D eigenvalue weighted by molar-refractivity contribution is -0.115. The van der Waals surface area contributed by atoms with Crippen molar-refractivity contribution in [3.05, 3.63) is 58.6 Å². The van der Waals surface area contributed by atoms with Gasteiger partial charge in [0.2, 0.25) is 5.91 Å². The van der Waals surface area contributed by atoms with Crippen molar-refractivity contribution in [3.63, 3.8) is 0 Å². The second kappa shape index (κ2) is 7.72. The van der Waals surface area contributed by atoms with Crippen molar-refractivity contribution in [1.82, 2.24) is 5.32 Å². The summed E-state index contributed by atoms with van der Waals surface area (Å²) in [4.78, 5) is 25.3. The zero-order valence-corrected chi connectivity index (χ0v) is 16.3. The molecule has 0 saturated heterocycles. The fraction of sp³-hybridized carbons (Fsp3) is 0.300. The van der Waals surface area contributed by atoms with E-state index >= 15 is 0 Å². The minimum atomic E-state index is -0.254. The number of rotatable bonds is 4. The molecule has 1 aliphatic rings. The van der Waals surface area contributed by atoms with Gasteiger partial charge in [-0.05, 0) is 35.9 Å². The molecule has 0 saturated carbocycles. The molecule has 3 rings (SSSR count). The molecule has 2 aromatic rings. The summed E-state index contributed by atoms with van der Waals surface area (Å²) >= 11 is 7.70. The molecule has 0 fully saturated rings. The number of carbonyl (C=O) groups is 2. The Morgan fingerprint density at radius 2 is 2.08 bits per heavy atom. The van der Waals surface area contributed by atoms with Gasteiger partial charge >= 0.3 is 0 Å². The standard InChI is InChI=1S/C20H21ClN2O2S/c1-20(2,14-4-3-5-15(21)11-14)12-22-19(25)13-6-7-17-16(10-13)23-18(24)8-9-26-17/h3-7,10-11H,8-9,12H2,1-2H3,(H,22,25)(H,23,24). The normalized spacial score (nSPS) is 14.2. The molecule has 26 heavy (non-hydrogen) atoms. The smallest absolute Gasteiger partial charge is 0.251 e. The Bertz CT molecular complexity index is 851. The fourth-order valence-corrected chi connectivity index (χ4v) is 3.90. The van der Waals surface area contributed by atoms with Crippen LogP contribution in [0.2, 0.25) is 5.02 Å². The number of carbonyl (C=O) groups excluding carboxylic acids is 2. The van der Waals surface area contributed by atoms with Crippen LogP contribution in [0.1, 0.15) is 36.2 Å². The van der Waals surface area contributed by atoms with E-state index in [0.29, 0.717) is 29.2 Å². The second-order valence-corrected chi connectivity index (χ2v) is 8.51. The van der Waals surface area contributed by atoms with Gasteiger partial charge < -0.3 is 10.6 Å².